The van der Waals surface area contributed by atoms with Crippen LogP contribution in [0.4, 0.5) is 10.5 Å². The van der Waals surface area contributed by atoms with Gasteiger partial charge in [0.1, 0.15) is 22.6 Å². The summed E-state index contributed by atoms with van der Waals surface area (Å²) in [5.74, 6) is -0.393. The minimum absolute atomic E-state index is 0.317. The quantitative estimate of drug-likeness (QED) is 0.723. The van der Waals surface area contributed by atoms with Crippen molar-refractivity contribution >= 4 is 33.6 Å². The number of carbonyl (C=O) groups is 2. The molecule has 138 valence electrons. The van der Waals surface area contributed by atoms with E-state index in [-0.39, 0.29) is 0 Å². The monoisotopic (exact) mass is 420 g/mol. The summed E-state index contributed by atoms with van der Waals surface area (Å²) in [6.07, 6.45) is 2.50. The summed E-state index contributed by atoms with van der Waals surface area (Å²) in [7, 11) is 0. The number of alkyl carbamates (subject to hydrolysis) is 1. The summed E-state index contributed by atoms with van der Waals surface area (Å²) < 4.78 is 5.72. The van der Waals surface area contributed by atoms with Crippen molar-refractivity contribution in [3.63, 3.8) is 0 Å². The van der Waals surface area contributed by atoms with E-state index in [4.69, 9.17) is 4.74 Å². The molecule has 0 aliphatic carbocycles. The molecule has 2 amide bonds. The number of anilines is 1. The van der Waals surface area contributed by atoms with Gasteiger partial charge in [0.2, 0.25) is 5.91 Å². The Kier molecular flexibility index (Phi) is 6.68. The highest BCUT2D eigenvalue weighted by Crippen LogP contribution is 2.18. The Morgan fingerprint density at radius 2 is 1.92 bits per heavy atom. The summed E-state index contributed by atoms with van der Waals surface area (Å²) in [6, 6.07) is 8.59. The molecule has 0 aliphatic heterocycles. The zero-order valence-corrected chi connectivity index (χ0v) is 16.4. The molecule has 0 unspecified atom stereocenters. The molecule has 0 aliphatic rings. The van der Waals surface area contributed by atoms with Crippen LogP contribution in [0.2, 0.25) is 0 Å². The fourth-order valence-electron chi connectivity index (χ4n) is 2.13. The van der Waals surface area contributed by atoms with Crippen LogP contribution in [-0.4, -0.2) is 33.6 Å². The lowest BCUT2D eigenvalue weighted by molar-refractivity contribution is -0.118. The molecule has 2 N–H and O–H groups in total. The van der Waals surface area contributed by atoms with Crippen LogP contribution in [0.15, 0.2) is 47.5 Å². The van der Waals surface area contributed by atoms with Crippen molar-refractivity contribution in [1.82, 2.24) is 15.3 Å². The van der Waals surface area contributed by atoms with Crippen LogP contribution in [0.5, 0.6) is 0 Å². The number of hydrogen-bond acceptors (Lipinski definition) is 5. The molecule has 26 heavy (non-hydrogen) atoms. The maximum Gasteiger partial charge on any atom is 0.408 e. The third-order valence-electron chi connectivity index (χ3n) is 3.21. The summed E-state index contributed by atoms with van der Waals surface area (Å²) in [6.45, 7) is 5.28. The second kappa shape index (κ2) is 8.75. The fourth-order valence-corrected chi connectivity index (χ4v) is 2.42. The Morgan fingerprint density at radius 1 is 1.23 bits per heavy atom. The van der Waals surface area contributed by atoms with Crippen LogP contribution < -0.4 is 10.6 Å². The number of amides is 2. The van der Waals surface area contributed by atoms with Crippen molar-refractivity contribution in [2.75, 3.05) is 5.32 Å². The lowest BCUT2D eigenvalue weighted by atomic mass is 10.1. The van der Waals surface area contributed by atoms with Crippen LogP contribution in [0, 0.1) is 0 Å². The highest BCUT2D eigenvalue weighted by atomic mass is 79.9. The first-order valence-corrected chi connectivity index (χ1v) is 8.84. The molecule has 8 heteroatoms. The zero-order chi connectivity index (χ0) is 19.2. The Balaban J connectivity index is 2.14. The second-order valence-corrected chi connectivity index (χ2v) is 7.36. The first-order valence-electron chi connectivity index (χ1n) is 8.04. The molecule has 0 bridgehead atoms. The third-order valence-corrected chi connectivity index (χ3v) is 3.84. The number of carbonyl (C=O) groups excluding carboxylic acids is 2. The Morgan fingerprint density at radius 3 is 2.54 bits per heavy atom. The van der Waals surface area contributed by atoms with Gasteiger partial charge in [-0.05, 0) is 42.3 Å². The lowest BCUT2D eigenvalue weighted by Crippen LogP contribution is -2.47. The molecule has 1 heterocycles. The van der Waals surface area contributed by atoms with Gasteiger partial charge in [-0.25, -0.2) is 14.8 Å². The second-order valence-electron chi connectivity index (χ2n) is 6.61. The van der Waals surface area contributed by atoms with Gasteiger partial charge in [-0.2, -0.15) is 0 Å². The van der Waals surface area contributed by atoms with E-state index < -0.39 is 23.6 Å². The maximum atomic E-state index is 12.7. The molecule has 0 radical (unpaired) electrons. The molecule has 0 saturated heterocycles. The van der Waals surface area contributed by atoms with Crippen LogP contribution >= 0.6 is 15.9 Å². The van der Waals surface area contributed by atoms with Crippen molar-refractivity contribution in [3.05, 3.63) is 53.0 Å². The van der Waals surface area contributed by atoms with Crippen LogP contribution in [0.25, 0.3) is 0 Å². The third kappa shape index (κ3) is 6.44. The van der Waals surface area contributed by atoms with Crippen LogP contribution in [-0.2, 0) is 16.0 Å². The van der Waals surface area contributed by atoms with Gasteiger partial charge in [-0.15, -0.1) is 0 Å². The predicted octanol–water partition coefficient (Wildman–Crippen LogP) is 3.31. The summed E-state index contributed by atoms with van der Waals surface area (Å²) in [5.41, 5.74) is 0.669. The molecule has 7 nitrogen and oxygen atoms in total. The molecule has 2 rings (SSSR count). The van der Waals surface area contributed by atoms with E-state index in [0.29, 0.717) is 16.7 Å². The minimum atomic E-state index is -0.820. The number of hydrogen-bond donors (Lipinski definition) is 2. The minimum Gasteiger partial charge on any atom is -0.444 e. The predicted molar refractivity (Wildman–Crippen MR) is 102 cm³/mol. The van der Waals surface area contributed by atoms with Gasteiger partial charge in [-0.1, -0.05) is 30.3 Å². The Hall–Kier alpha value is -2.48. The smallest absolute Gasteiger partial charge is 0.408 e. The Labute approximate surface area is 160 Å². The van der Waals surface area contributed by atoms with E-state index in [9.17, 15) is 9.59 Å². The van der Waals surface area contributed by atoms with E-state index in [1.165, 1.54) is 12.5 Å². The van der Waals surface area contributed by atoms with Gasteiger partial charge in [0, 0.05) is 6.42 Å². The molecule has 0 spiro atoms. The molecule has 0 saturated carbocycles. The first-order chi connectivity index (χ1) is 12.2. The SMILES string of the molecule is CC(C)(C)OC(=O)N[C@H](Cc1ccccc1)C(=O)Nc1cncnc1Br. The van der Waals surface area contributed by atoms with Gasteiger partial charge in [0.15, 0.2) is 0 Å². The van der Waals surface area contributed by atoms with E-state index in [1.807, 2.05) is 30.3 Å². The molecule has 1 atom stereocenters. The number of rotatable bonds is 5. The normalized spacial score (nSPS) is 12.2. The topological polar surface area (TPSA) is 93.2 Å². The van der Waals surface area contributed by atoms with Gasteiger partial charge in [0.25, 0.3) is 0 Å². The molecule has 1 aromatic carbocycles. The van der Waals surface area contributed by atoms with Gasteiger partial charge in [0.05, 0.1) is 11.9 Å². The van der Waals surface area contributed by atoms with E-state index in [0.717, 1.165) is 5.56 Å². The lowest BCUT2D eigenvalue weighted by Gasteiger charge is -2.23. The van der Waals surface area contributed by atoms with E-state index in [1.54, 1.807) is 20.8 Å². The Bertz CT molecular complexity index is 763. The first kappa shape index (κ1) is 19.8. The number of benzene rings is 1. The number of nitrogens with one attached hydrogen (secondary N) is 2. The summed E-state index contributed by atoms with van der Waals surface area (Å²) in [4.78, 5) is 32.7. The van der Waals surface area contributed by atoms with E-state index in [2.05, 4.69) is 36.5 Å². The van der Waals surface area contributed by atoms with Gasteiger partial charge >= 0.3 is 6.09 Å². The van der Waals surface area contributed by atoms with Crippen molar-refractivity contribution < 1.29 is 14.3 Å². The number of halogens is 1. The largest absolute Gasteiger partial charge is 0.444 e. The molecule has 1 aromatic heterocycles. The maximum absolute atomic E-state index is 12.7. The average Bonchev–Trinajstić information content (AvgIpc) is 2.55. The van der Waals surface area contributed by atoms with E-state index >= 15 is 0 Å². The summed E-state index contributed by atoms with van der Waals surface area (Å²) in [5, 5.41) is 5.35. The van der Waals surface area contributed by atoms with Gasteiger partial charge < -0.3 is 15.4 Å². The fraction of sp³-hybridized carbons (Fsp3) is 0.333. The number of nitrogens with zero attached hydrogens (tertiary/aromatic N) is 2. The van der Waals surface area contributed by atoms with Gasteiger partial charge in [-0.3, -0.25) is 4.79 Å². The van der Waals surface area contributed by atoms with Crippen molar-refractivity contribution in [1.29, 1.82) is 0 Å². The molecule has 2 aromatic rings. The van der Waals surface area contributed by atoms with Crippen molar-refractivity contribution in [2.24, 2.45) is 0 Å². The summed E-state index contributed by atoms with van der Waals surface area (Å²) >= 11 is 3.25. The average molecular weight is 421 g/mol. The van der Waals surface area contributed by atoms with Crippen LogP contribution in [0.3, 0.4) is 0 Å². The standard InChI is InChI=1S/C18H21BrN4O3/c1-18(2,3)26-17(25)23-13(9-12-7-5-4-6-8-12)16(24)22-14-10-20-11-21-15(14)19/h4-8,10-11,13H,9H2,1-3H3,(H,22,24)(H,23,25)/t13-/m1/s1. The van der Waals surface area contributed by atoms with Crippen LogP contribution in [0.1, 0.15) is 26.3 Å². The highest BCUT2D eigenvalue weighted by molar-refractivity contribution is 9.10. The zero-order valence-electron chi connectivity index (χ0n) is 14.8. The number of aromatic nitrogens is 2. The number of ether oxygens (including phenoxy) is 1. The van der Waals surface area contributed by atoms with Crippen molar-refractivity contribution in [2.45, 2.75) is 38.8 Å². The molecule has 0 fully saturated rings. The van der Waals surface area contributed by atoms with Crippen molar-refractivity contribution in [3.8, 4) is 0 Å². The molecular formula is C18H21BrN4O3. The molecular weight excluding hydrogens is 400 g/mol. The highest BCUT2D eigenvalue weighted by Gasteiger charge is 2.25.